The van der Waals surface area contributed by atoms with Crippen LogP contribution in [0.15, 0.2) is 42.5 Å². The van der Waals surface area contributed by atoms with Gasteiger partial charge in [-0.2, -0.15) is 0 Å². The number of para-hydroxylation sites is 1. The first kappa shape index (κ1) is 18.8. The standard InChI is InChI=1S/C20H19F2NO4/c21-16-6-3-4-13(19(16)22)12-23(10-8-18(24)25)20(26)15-9-11-27-17-7-2-1-5-14(15)17/h1-7,15H,8-12H2,(H,24,25)/t15-/m1/s1. The molecule has 5 nitrogen and oxygen atoms in total. The lowest BCUT2D eigenvalue weighted by Crippen LogP contribution is -2.38. The molecule has 7 heteroatoms. The van der Waals surface area contributed by atoms with Crippen LogP contribution in [0.25, 0.3) is 0 Å². The quantitative estimate of drug-likeness (QED) is 0.841. The van der Waals surface area contributed by atoms with Crippen LogP contribution in [0.4, 0.5) is 8.78 Å². The van der Waals surface area contributed by atoms with Gasteiger partial charge in [-0.3, -0.25) is 9.59 Å². The summed E-state index contributed by atoms with van der Waals surface area (Å²) in [5.74, 6) is -3.33. The van der Waals surface area contributed by atoms with E-state index in [0.29, 0.717) is 24.3 Å². The summed E-state index contributed by atoms with van der Waals surface area (Å²) in [6, 6.07) is 10.9. The number of carboxylic acids is 1. The molecule has 1 aliphatic heterocycles. The van der Waals surface area contributed by atoms with E-state index >= 15 is 0 Å². The zero-order chi connectivity index (χ0) is 19.4. The molecule has 0 aliphatic carbocycles. The number of aliphatic carboxylic acids is 1. The molecule has 1 amide bonds. The lowest BCUT2D eigenvalue weighted by Gasteiger charge is -2.31. The molecule has 1 N–H and O–H groups in total. The lowest BCUT2D eigenvalue weighted by molar-refractivity contribution is -0.139. The predicted molar refractivity (Wildman–Crippen MR) is 93.3 cm³/mol. The second-order valence-corrected chi connectivity index (χ2v) is 6.34. The molecule has 142 valence electrons. The molecule has 0 fully saturated rings. The average Bonchev–Trinajstić information content (AvgIpc) is 2.67. The minimum Gasteiger partial charge on any atom is -0.493 e. The molecule has 0 radical (unpaired) electrons. The molecule has 27 heavy (non-hydrogen) atoms. The first-order valence-corrected chi connectivity index (χ1v) is 8.62. The van der Waals surface area contributed by atoms with Gasteiger partial charge in [-0.05, 0) is 18.6 Å². The van der Waals surface area contributed by atoms with Gasteiger partial charge in [0.05, 0.1) is 18.9 Å². The number of carbonyl (C=O) groups excluding carboxylic acids is 1. The van der Waals surface area contributed by atoms with E-state index in [2.05, 4.69) is 0 Å². The number of halogens is 2. The van der Waals surface area contributed by atoms with Crippen molar-refractivity contribution >= 4 is 11.9 Å². The van der Waals surface area contributed by atoms with Gasteiger partial charge in [-0.15, -0.1) is 0 Å². The Bertz CT molecular complexity index is 856. The second kappa shape index (κ2) is 8.16. The second-order valence-electron chi connectivity index (χ2n) is 6.34. The van der Waals surface area contributed by atoms with Crippen LogP contribution in [0, 0.1) is 11.6 Å². The summed E-state index contributed by atoms with van der Waals surface area (Å²) >= 11 is 0. The van der Waals surface area contributed by atoms with E-state index in [1.165, 1.54) is 17.0 Å². The van der Waals surface area contributed by atoms with E-state index in [1.54, 1.807) is 24.3 Å². The van der Waals surface area contributed by atoms with Crippen LogP contribution in [0.2, 0.25) is 0 Å². The zero-order valence-corrected chi connectivity index (χ0v) is 14.5. The van der Waals surface area contributed by atoms with Gasteiger partial charge in [0.2, 0.25) is 5.91 Å². The van der Waals surface area contributed by atoms with Gasteiger partial charge in [0.25, 0.3) is 0 Å². The molecular weight excluding hydrogens is 356 g/mol. The van der Waals surface area contributed by atoms with E-state index in [4.69, 9.17) is 9.84 Å². The number of carbonyl (C=O) groups is 2. The highest BCUT2D eigenvalue weighted by Gasteiger charge is 2.31. The van der Waals surface area contributed by atoms with E-state index in [0.717, 1.165) is 6.07 Å². The molecule has 1 atom stereocenters. The number of hydrogen-bond donors (Lipinski definition) is 1. The summed E-state index contributed by atoms with van der Waals surface area (Å²) in [4.78, 5) is 25.4. The Balaban J connectivity index is 1.87. The summed E-state index contributed by atoms with van der Waals surface area (Å²) < 4.78 is 33.1. The fraction of sp³-hybridized carbons (Fsp3) is 0.300. The van der Waals surface area contributed by atoms with Crippen LogP contribution >= 0.6 is 0 Å². The van der Waals surface area contributed by atoms with E-state index in [9.17, 15) is 18.4 Å². The minimum atomic E-state index is -1.07. The third kappa shape index (κ3) is 4.24. The molecular formula is C20H19F2NO4. The number of benzene rings is 2. The summed E-state index contributed by atoms with van der Waals surface area (Å²) in [5, 5.41) is 8.99. The molecule has 0 saturated heterocycles. The Labute approximate surface area is 155 Å². The normalized spacial score (nSPS) is 15.6. The first-order valence-electron chi connectivity index (χ1n) is 8.62. The van der Waals surface area contributed by atoms with Crippen molar-refractivity contribution in [2.75, 3.05) is 13.2 Å². The average molecular weight is 375 g/mol. The van der Waals surface area contributed by atoms with Crippen LogP contribution in [-0.4, -0.2) is 35.0 Å². The van der Waals surface area contributed by atoms with Crippen molar-refractivity contribution in [1.29, 1.82) is 0 Å². The van der Waals surface area contributed by atoms with E-state index < -0.39 is 23.5 Å². The Morgan fingerprint density at radius 3 is 2.70 bits per heavy atom. The van der Waals surface area contributed by atoms with E-state index in [1.807, 2.05) is 0 Å². The predicted octanol–water partition coefficient (Wildman–Crippen LogP) is 3.33. The fourth-order valence-corrected chi connectivity index (χ4v) is 3.19. The van der Waals surface area contributed by atoms with Crippen LogP contribution in [0.5, 0.6) is 5.75 Å². The van der Waals surface area contributed by atoms with Crippen LogP contribution < -0.4 is 4.74 Å². The number of fused-ring (bicyclic) bond motifs is 1. The molecule has 0 spiro atoms. The molecule has 0 saturated carbocycles. The first-order chi connectivity index (χ1) is 13.0. The fourth-order valence-electron chi connectivity index (χ4n) is 3.19. The minimum absolute atomic E-state index is 0.00841. The van der Waals surface area contributed by atoms with E-state index in [-0.39, 0.29) is 31.0 Å². The van der Waals surface area contributed by atoms with Gasteiger partial charge in [0.15, 0.2) is 11.6 Å². The number of hydrogen-bond acceptors (Lipinski definition) is 3. The Kier molecular flexibility index (Phi) is 5.69. The van der Waals surface area contributed by atoms with Gasteiger partial charge in [-0.1, -0.05) is 30.3 Å². The van der Waals surface area contributed by atoms with Crippen molar-refractivity contribution in [1.82, 2.24) is 4.90 Å². The molecule has 0 unspecified atom stereocenters. The Hall–Kier alpha value is -2.96. The van der Waals surface area contributed by atoms with Gasteiger partial charge in [-0.25, -0.2) is 8.78 Å². The molecule has 1 aliphatic rings. The summed E-state index contributed by atoms with van der Waals surface area (Å²) in [7, 11) is 0. The van der Waals surface area contributed by atoms with Crippen molar-refractivity contribution in [3.05, 3.63) is 65.2 Å². The number of ether oxygens (including phenoxy) is 1. The molecule has 1 heterocycles. The van der Waals surface area contributed by atoms with Crippen molar-refractivity contribution in [3.63, 3.8) is 0 Å². The largest absolute Gasteiger partial charge is 0.493 e. The molecule has 2 aromatic carbocycles. The number of carboxylic acid groups (broad SMARTS) is 1. The van der Waals surface area contributed by atoms with Gasteiger partial charge < -0.3 is 14.7 Å². The Morgan fingerprint density at radius 2 is 1.93 bits per heavy atom. The number of nitrogens with zero attached hydrogens (tertiary/aromatic N) is 1. The molecule has 0 bridgehead atoms. The highest BCUT2D eigenvalue weighted by Crippen LogP contribution is 2.35. The van der Waals surface area contributed by atoms with Gasteiger partial charge >= 0.3 is 5.97 Å². The SMILES string of the molecule is O=C(O)CCN(Cc1cccc(F)c1F)C(=O)[C@@H]1CCOc2ccccc21. The number of rotatable bonds is 6. The Morgan fingerprint density at radius 1 is 1.15 bits per heavy atom. The molecule has 3 rings (SSSR count). The smallest absolute Gasteiger partial charge is 0.305 e. The maximum absolute atomic E-state index is 14.1. The topological polar surface area (TPSA) is 66.8 Å². The summed E-state index contributed by atoms with van der Waals surface area (Å²) in [6.45, 7) is 0.0629. The maximum Gasteiger partial charge on any atom is 0.305 e. The van der Waals surface area contributed by atoms with Crippen molar-refractivity contribution in [3.8, 4) is 5.75 Å². The molecule has 2 aromatic rings. The lowest BCUT2D eigenvalue weighted by atomic mass is 9.91. The molecule has 0 aromatic heterocycles. The van der Waals surface area contributed by atoms with Crippen LogP contribution in [0.1, 0.15) is 29.9 Å². The maximum atomic E-state index is 14.1. The number of amides is 1. The van der Waals surface area contributed by atoms with Crippen molar-refractivity contribution in [2.45, 2.75) is 25.3 Å². The third-order valence-electron chi connectivity index (χ3n) is 4.56. The van der Waals surface area contributed by atoms with Crippen molar-refractivity contribution < 1.29 is 28.2 Å². The summed E-state index contributed by atoms with van der Waals surface area (Å²) in [6.07, 6.45) is 0.151. The van der Waals surface area contributed by atoms with Gasteiger partial charge in [0.1, 0.15) is 5.75 Å². The van der Waals surface area contributed by atoms with Crippen LogP contribution in [0.3, 0.4) is 0 Å². The third-order valence-corrected chi connectivity index (χ3v) is 4.56. The summed E-state index contributed by atoms with van der Waals surface area (Å²) in [5.41, 5.74) is 0.725. The van der Waals surface area contributed by atoms with Crippen molar-refractivity contribution in [2.24, 2.45) is 0 Å². The highest BCUT2D eigenvalue weighted by molar-refractivity contribution is 5.85. The van der Waals surface area contributed by atoms with Gasteiger partial charge in [0, 0.05) is 24.2 Å². The highest BCUT2D eigenvalue weighted by atomic mass is 19.2. The zero-order valence-electron chi connectivity index (χ0n) is 14.5. The monoisotopic (exact) mass is 375 g/mol. The van der Waals surface area contributed by atoms with Crippen LogP contribution in [-0.2, 0) is 16.1 Å².